The van der Waals surface area contributed by atoms with E-state index >= 15 is 0 Å². The van der Waals surface area contributed by atoms with Gasteiger partial charge in [-0.1, -0.05) is 11.8 Å². The molecule has 0 fully saturated rings. The second-order valence-electron chi connectivity index (χ2n) is 4.23. The zero-order valence-electron chi connectivity index (χ0n) is 11.2. The molecule has 1 heterocycles. The summed E-state index contributed by atoms with van der Waals surface area (Å²) in [6, 6.07) is 10.8. The van der Waals surface area contributed by atoms with Crippen molar-refractivity contribution in [1.29, 1.82) is 0 Å². The molecule has 0 saturated carbocycles. The third-order valence-corrected chi connectivity index (χ3v) is 2.65. The Kier molecular flexibility index (Phi) is 4.48. The smallest absolute Gasteiger partial charge is 0.257 e. The van der Waals surface area contributed by atoms with Crippen LogP contribution in [0.15, 0.2) is 42.6 Å². The molecule has 4 nitrogen and oxygen atoms in total. The van der Waals surface area contributed by atoms with Crippen LogP contribution in [0.4, 0.5) is 5.69 Å². The molecule has 0 saturated heterocycles. The number of nitrogens with zero attached hydrogens (tertiary/aromatic N) is 1. The normalized spacial score (nSPS) is 9.50. The fraction of sp³-hybridized carbons (Fsp3) is 0.125. The molecule has 1 amide bonds. The van der Waals surface area contributed by atoms with E-state index in [-0.39, 0.29) is 5.91 Å². The van der Waals surface area contributed by atoms with Crippen LogP contribution in [-0.4, -0.2) is 17.4 Å². The maximum Gasteiger partial charge on any atom is 0.257 e. The molecular weight excluding hydrogens is 250 g/mol. The fourth-order valence-electron chi connectivity index (χ4n) is 1.60. The maximum atomic E-state index is 12.0. The largest absolute Gasteiger partial charge is 0.322 e. The van der Waals surface area contributed by atoms with E-state index in [4.69, 9.17) is 5.73 Å². The standard InChI is InChI=1S/C16H15N3O/c1-12-4-7-14(11-18-12)16(20)19-15-8-5-13(6-9-15)3-2-10-17/h4-9,11H,10,17H2,1H3,(H,19,20). The van der Waals surface area contributed by atoms with E-state index in [0.717, 1.165) is 11.3 Å². The van der Waals surface area contributed by atoms with Crippen LogP contribution >= 0.6 is 0 Å². The molecule has 0 unspecified atom stereocenters. The highest BCUT2D eigenvalue weighted by atomic mass is 16.1. The zero-order valence-corrected chi connectivity index (χ0v) is 11.2. The number of hydrogen-bond donors (Lipinski definition) is 2. The van der Waals surface area contributed by atoms with Crippen LogP contribution in [0, 0.1) is 18.8 Å². The van der Waals surface area contributed by atoms with Gasteiger partial charge >= 0.3 is 0 Å². The molecule has 2 rings (SSSR count). The molecule has 0 radical (unpaired) electrons. The van der Waals surface area contributed by atoms with Crippen LogP contribution in [0.25, 0.3) is 0 Å². The van der Waals surface area contributed by atoms with E-state index in [0.29, 0.717) is 17.8 Å². The summed E-state index contributed by atoms with van der Waals surface area (Å²) in [6.07, 6.45) is 1.56. The Hall–Kier alpha value is -2.64. The first-order valence-corrected chi connectivity index (χ1v) is 6.22. The van der Waals surface area contributed by atoms with Gasteiger partial charge in [0.2, 0.25) is 0 Å². The summed E-state index contributed by atoms with van der Waals surface area (Å²) in [6.45, 7) is 2.21. The minimum Gasteiger partial charge on any atom is -0.322 e. The van der Waals surface area contributed by atoms with Crippen molar-refractivity contribution in [3.8, 4) is 11.8 Å². The Labute approximate surface area is 118 Å². The van der Waals surface area contributed by atoms with E-state index in [2.05, 4.69) is 22.1 Å². The number of carbonyl (C=O) groups is 1. The first kappa shape index (κ1) is 13.8. The molecule has 0 aliphatic carbocycles. The molecule has 0 aliphatic heterocycles. The monoisotopic (exact) mass is 265 g/mol. The van der Waals surface area contributed by atoms with Gasteiger partial charge in [-0.25, -0.2) is 0 Å². The molecule has 100 valence electrons. The summed E-state index contributed by atoms with van der Waals surface area (Å²) >= 11 is 0. The molecule has 0 atom stereocenters. The maximum absolute atomic E-state index is 12.0. The predicted molar refractivity (Wildman–Crippen MR) is 79.3 cm³/mol. The summed E-state index contributed by atoms with van der Waals surface area (Å²) in [7, 11) is 0. The number of rotatable bonds is 2. The lowest BCUT2D eigenvalue weighted by atomic mass is 10.2. The number of anilines is 1. The molecule has 3 N–H and O–H groups in total. The summed E-state index contributed by atoms with van der Waals surface area (Å²) in [5.41, 5.74) is 8.30. The molecule has 0 spiro atoms. The van der Waals surface area contributed by atoms with E-state index in [1.807, 2.05) is 19.1 Å². The van der Waals surface area contributed by atoms with Crippen molar-refractivity contribution in [2.24, 2.45) is 5.73 Å². The number of nitrogens with two attached hydrogens (primary N) is 1. The highest BCUT2D eigenvalue weighted by molar-refractivity contribution is 6.04. The van der Waals surface area contributed by atoms with E-state index in [1.165, 1.54) is 0 Å². The van der Waals surface area contributed by atoms with Gasteiger partial charge in [0.1, 0.15) is 0 Å². The molecular formula is C16H15N3O. The lowest BCUT2D eigenvalue weighted by molar-refractivity contribution is 0.102. The van der Waals surface area contributed by atoms with Crippen molar-refractivity contribution in [2.45, 2.75) is 6.92 Å². The number of amides is 1. The SMILES string of the molecule is Cc1ccc(C(=O)Nc2ccc(C#CCN)cc2)cn1. The highest BCUT2D eigenvalue weighted by Gasteiger charge is 2.05. The number of aromatic nitrogens is 1. The number of aryl methyl sites for hydroxylation is 1. The van der Waals surface area contributed by atoms with Crippen LogP contribution < -0.4 is 11.1 Å². The minimum atomic E-state index is -0.182. The molecule has 1 aromatic carbocycles. The van der Waals surface area contributed by atoms with Crippen LogP contribution in [-0.2, 0) is 0 Å². The van der Waals surface area contributed by atoms with E-state index in [1.54, 1.807) is 30.5 Å². The van der Waals surface area contributed by atoms with E-state index in [9.17, 15) is 4.79 Å². The number of benzene rings is 1. The predicted octanol–water partition coefficient (Wildman–Crippen LogP) is 1.95. The topological polar surface area (TPSA) is 68.0 Å². The van der Waals surface area contributed by atoms with Gasteiger partial charge in [-0.2, -0.15) is 0 Å². The van der Waals surface area contributed by atoms with Crippen molar-refractivity contribution in [2.75, 3.05) is 11.9 Å². The third-order valence-electron chi connectivity index (χ3n) is 2.65. The Morgan fingerprint density at radius 1 is 1.25 bits per heavy atom. The number of carbonyl (C=O) groups excluding carboxylic acids is 1. The zero-order chi connectivity index (χ0) is 14.4. The highest BCUT2D eigenvalue weighted by Crippen LogP contribution is 2.10. The molecule has 4 heteroatoms. The Balaban J connectivity index is 2.06. The number of hydrogen-bond acceptors (Lipinski definition) is 3. The summed E-state index contributed by atoms with van der Waals surface area (Å²) in [5.74, 6) is 5.52. The Morgan fingerprint density at radius 2 is 2.00 bits per heavy atom. The van der Waals surface area contributed by atoms with Gasteiger partial charge < -0.3 is 11.1 Å². The van der Waals surface area contributed by atoms with Crippen LogP contribution in [0.5, 0.6) is 0 Å². The molecule has 0 aliphatic rings. The van der Waals surface area contributed by atoms with Crippen molar-refractivity contribution >= 4 is 11.6 Å². The Bertz CT molecular complexity index is 649. The quantitative estimate of drug-likeness (QED) is 0.815. The second-order valence-corrected chi connectivity index (χ2v) is 4.23. The first-order chi connectivity index (χ1) is 9.69. The second kappa shape index (κ2) is 6.50. The van der Waals surface area contributed by atoms with Crippen molar-refractivity contribution in [3.63, 3.8) is 0 Å². The van der Waals surface area contributed by atoms with Crippen LogP contribution in [0.3, 0.4) is 0 Å². The van der Waals surface area contributed by atoms with Gasteiger partial charge in [0.15, 0.2) is 0 Å². The van der Waals surface area contributed by atoms with E-state index < -0.39 is 0 Å². The lowest BCUT2D eigenvalue weighted by Gasteiger charge is -2.05. The molecule has 20 heavy (non-hydrogen) atoms. The summed E-state index contributed by atoms with van der Waals surface area (Å²) in [5, 5.41) is 2.81. The van der Waals surface area contributed by atoms with Gasteiger partial charge in [-0.05, 0) is 43.3 Å². The summed E-state index contributed by atoms with van der Waals surface area (Å²) in [4.78, 5) is 16.1. The van der Waals surface area contributed by atoms with Crippen molar-refractivity contribution < 1.29 is 4.79 Å². The average Bonchev–Trinajstić information content (AvgIpc) is 2.47. The molecule has 0 bridgehead atoms. The third kappa shape index (κ3) is 3.67. The van der Waals surface area contributed by atoms with Gasteiger partial charge in [-0.15, -0.1) is 0 Å². The molecule has 1 aromatic heterocycles. The fourth-order valence-corrected chi connectivity index (χ4v) is 1.60. The van der Waals surface area contributed by atoms with Crippen LogP contribution in [0.1, 0.15) is 21.6 Å². The first-order valence-electron chi connectivity index (χ1n) is 6.22. The Morgan fingerprint density at radius 3 is 2.60 bits per heavy atom. The lowest BCUT2D eigenvalue weighted by Crippen LogP contribution is -2.12. The van der Waals surface area contributed by atoms with Gasteiger partial charge in [-0.3, -0.25) is 9.78 Å². The van der Waals surface area contributed by atoms with Crippen molar-refractivity contribution in [1.82, 2.24) is 4.98 Å². The van der Waals surface area contributed by atoms with Crippen molar-refractivity contribution in [3.05, 3.63) is 59.4 Å². The van der Waals surface area contributed by atoms with Crippen LogP contribution in [0.2, 0.25) is 0 Å². The minimum absolute atomic E-state index is 0.182. The summed E-state index contributed by atoms with van der Waals surface area (Å²) < 4.78 is 0. The number of nitrogens with one attached hydrogen (secondary N) is 1. The van der Waals surface area contributed by atoms with Gasteiger partial charge in [0.25, 0.3) is 5.91 Å². The van der Waals surface area contributed by atoms with Gasteiger partial charge in [0.05, 0.1) is 12.1 Å². The van der Waals surface area contributed by atoms with Gasteiger partial charge in [0, 0.05) is 23.1 Å². The number of pyridine rings is 1. The molecule has 2 aromatic rings. The average molecular weight is 265 g/mol.